The molecular formula is C21H26N4O2. The topological polar surface area (TPSA) is 56.8 Å². The van der Waals surface area contributed by atoms with Crippen molar-refractivity contribution in [2.45, 2.75) is 26.4 Å². The highest BCUT2D eigenvalue weighted by Crippen LogP contribution is 2.21. The number of carbonyl (C=O) groups excluding carboxylic acids is 2. The summed E-state index contributed by atoms with van der Waals surface area (Å²) in [7, 11) is 1.91. The maximum atomic E-state index is 12.7. The summed E-state index contributed by atoms with van der Waals surface area (Å²) >= 11 is 0. The highest BCUT2D eigenvalue weighted by atomic mass is 16.2. The Morgan fingerprint density at radius 1 is 1.19 bits per heavy atom. The molecule has 2 aromatic rings. The first-order valence-electron chi connectivity index (χ1n) is 9.18. The van der Waals surface area contributed by atoms with E-state index in [2.05, 4.69) is 4.98 Å². The number of nitrogens with zero attached hydrogens (tertiary/aromatic N) is 4. The van der Waals surface area contributed by atoms with Crippen molar-refractivity contribution in [3.63, 3.8) is 0 Å². The number of aromatic nitrogens is 1. The molecule has 6 heteroatoms. The Bertz CT molecular complexity index is 792. The van der Waals surface area contributed by atoms with Gasteiger partial charge >= 0.3 is 0 Å². The number of hydrogen-bond acceptors (Lipinski definition) is 4. The maximum absolute atomic E-state index is 12.7. The van der Waals surface area contributed by atoms with Gasteiger partial charge in [0.05, 0.1) is 6.54 Å². The zero-order valence-electron chi connectivity index (χ0n) is 16.1. The molecule has 2 amide bonds. The molecule has 0 bridgehead atoms. The molecule has 1 atom stereocenters. The van der Waals surface area contributed by atoms with E-state index < -0.39 is 0 Å². The standard InChI is InChI=1S/C21H26N4O2/c1-16-4-6-19(7-5-16)25-12-17(2)24(15-21(25)27)20(26)14-23(3)13-18-8-10-22-11-9-18/h4-11,17H,12-15H2,1-3H3/t17-/m1/s1. The van der Waals surface area contributed by atoms with E-state index in [1.165, 1.54) is 0 Å². The van der Waals surface area contributed by atoms with Crippen molar-refractivity contribution in [1.29, 1.82) is 0 Å². The molecule has 1 saturated heterocycles. The summed E-state index contributed by atoms with van der Waals surface area (Å²) in [6.07, 6.45) is 3.49. The van der Waals surface area contributed by atoms with Crippen LogP contribution < -0.4 is 4.90 Å². The number of rotatable bonds is 5. The van der Waals surface area contributed by atoms with Crippen molar-refractivity contribution in [3.8, 4) is 0 Å². The summed E-state index contributed by atoms with van der Waals surface area (Å²) in [6, 6.07) is 11.8. The van der Waals surface area contributed by atoms with Crippen molar-refractivity contribution in [2.75, 3.05) is 31.6 Å². The molecule has 3 rings (SSSR count). The van der Waals surface area contributed by atoms with Crippen molar-refractivity contribution >= 4 is 17.5 Å². The van der Waals surface area contributed by atoms with Gasteiger partial charge in [-0.25, -0.2) is 0 Å². The van der Waals surface area contributed by atoms with Crippen molar-refractivity contribution in [2.24, 2.45) is 0 Å². The Labute approximate surface area is 160 Å². The number of hydrogen-bond donors (Lipinski definition) is 0. The first kappa shape index (κ1) is 19.0. The second-order valence-corrected chi connectivity index (χ2v) is 7.24. The highest BCUT2D eigenvalue weighted by Gasteiger charge is 2.33. The van der Waals surface area contributed by atoms with Crippen LogP contribution in [0.25, 0.3) is 0 Å². The SMILES string of the molecule is Cc1ccc(N2C[C@@H](C)N(C(=O)CN(C)Cc3ccncc3)CC2=O)cc1. The quantitative estimate of drug-likeness (QED) is 0.813. The lowest BCUT2D eigenvalue weighted by Crippen LogP contribution is -2.58. The average Bonchev–Trinajstić information content (AvgIpc) is 2.64. The molecule has 1 aromatic carbocycles. The number of piperazine rings is 1. The molecule has 0 aliphatic carbocycles. The third-order valence-corrected chi connectivity index (χ3v) is 4.86. The van der Waals surface area contributed by atoms with Gasteiger partial charge in [0.1, 0.15) is 6.54 Å². The van der Waals surface area contributed by atoms with E-state index >= 15 is 0 Å². The van der Waals surface area contributed by atoms with Crippen LogP contribution in [0.2, 0.25) is 0 Å². The van der Waals surface area contributed by atoms with Gasteiger partial charge in [0, 0.05) is 37.2 Å². The van der Waals surface area contributed by atoms with Gasteiger partial charge < -0.3 is 9.80 Å². The monoisotopic (exact) mass is 366 g/mol. The van der Waals surface area contributed by atoms with Gasteiger partial charge in [0.2, 0.25) is 11.8 Å². The van der Waals surface area contributed by atoms with Gasteiger partial charge in [-0.05, 0) is 50.7 Å². The van der Waals surface area contributed by atoms with E-state index in [-0.39, 0.29) is 30.9 Å². The van der Waals surface area contributed by atoms with E-state index in [9.17, 15) is 9.59 Å². The molecule has 0 spiro atoms. The van der Waals surface area contributed by atoms with Gasteiger partial charge in [-0.2, -0.15) is 0 Å². The van der Waals surface area contributed by atoms with Crippen LogP contribution in [0, 0.1) is 6.92 Å². The largest absolute Gasteiger partial charge is 0.328 e. The number of carbonyl (C=O) groups is 2. The van der Waals surface area contributed by atoms with Crippen LogP contribution in [0.15, 0.2) is 48.8 Å². The molecule has 1 fully saturated rings. The predicted octanol–water partition coefficient (Wildman–Crippen LogP) is 2.09. The van der Waals surface area contributed by atoms with Crippen molar-refractivity contribution in [1.82, 2.24) is 14.8 Å². The number of anilines is 1. The van der Waals surface area contributed by atoms with E-state index in [1.54, 1.807) is 22.2 Å². The van der Waals surface area contributed by atoms with Gasteiger partial charge in [-0.3, -0.25) is 19.5 Å². The van der Waals surface area contributed by atoms with Crippen LogP contribution in [-0.2, 0) is 16.1 Å². The maximum Gasteiger partial charge on any atom is 0.246 e. The second-order valence-electron chi connectivity index (χ2n) is 7.24. The Kier molecular flexibility index (Phi) is 5.86. The van der Waals surface area contributed by atoms with E-state index in [1.807, 2.05) is 62.2 Å². The summed E-state index contributed by atoms with van der Waals surface area (Å²) in [6.45, 7) is 5.60. The molecule has 2 heterocycles. The molecule has 0 saturated carbocycles. The molecule has 1 aliphatic heterocycles. The van der Waals surface area contributed by atoms with Crippen LogP contribution in [0.5, 0.6) is 0 Å². The number of benzene rings is 1. The van der Waals surface area contributed by atoms with Gasteiger partial charge in [0.15, 0.2) is 0 Å². The molecule has 1 aliphatic rings. The minimum Gasteiger partial charge on any atom is -0.328 e. The number of aryl methyl sites for hydroxylation is 1. The fraction of sp³-hybridized carbons (Fsp3) is 0.381. The third-order valence-electron chi connectivity index (χ3n) is 4.86. The molecule has 1 aromatic heterocycles. The lowest BCUT2D eigenvalue weighted by atomic mass is 10.1. The van der Waals surface area contributed by atoms with E-state index in [0.29, 0.717) is 13.1 Å². The highest BCUT2D eigenvalue weighted by molar-refractivity contribution is 5.98. The molecule has 142 valence electrons. The third kappa shape index (κ3) is 4.71. The van der Waals surface area contributed by atoms with Crippen LogP contribution >= 0.6 is 0 Å². The lowest BCUT2D eigenvalue weighted by Gasteiger charge is -2.40. The Balaban J connectivity index is 1.60. The number of amides is 2. The summed E-state index contributed by atoms with van der Waals surface area (Å²) in [5, 5.41) is 0. The Morgan fingerprint density at radius 3 is 2.52 bits per heavy atom. The molecule has 0 radical (unpaired) electrons. The van der Waals surface area contributed by atoms with Gasteiger partial charge in [0.25, 0.3) is 0 Å². The minimum atomic E-state index is -0.0397. The van der Waals surface area contributed by atoms with Crippen molar-refractivity contribution in [3.05, 3.63) is 59.9 Å². The summed E-state index contributed by atoms with van der Waals surface area (Å²) < 4.78 is 0. The van der Waals surface area contributed by atoms with E-state index in [0.717, 1.165) is 16.8 Å². The normalized spacial score (nSPS) is 17.5. The Hall–Kier alpha value is -2.73. The summed E-state index contributed by atoms with van der Waals surface area (Å²) in [5.41, 5.74) is 3.15. The average molecular weight is 366 g/mol. The van der Waals surface area contributed by atoms with E-state index in [4.69, 9.17) is 0 Å². The fourth-order valence-electron chi connectivity index (χ4n) is 3.34. The molecule has 6 nitrogen and oxygen atoms in total. The lowest BCUT2D eigenvalue weighted by molar-refractivity contribution is -0.140. The fourth-order valence-corrected chi connectivity index (χ4v) is 3.34. The Morgan fingerprint density at radius 2 is 1.85 bits per heavy atom. The van der Waals surface area contributed by atoms with Crippen LogP contribution in [0.4, 0.5) is 5.69 Å². The molecule has 27 heavy (non-hydrogen) atoms. The van der Waals surface area contributed by atoms with Crippen molar-refractivity contribution < 1.29 is 9.59 Å². The molecular weight excluding hydrogens is 340 g/mol. The summed E-state index contributed by atoms with van der Waals surface area (Å²) in [5.74, 6) is -0.0574. The zero-order chi connectivity index (χ0) is 19.4. The molecule has 0 unspecified atom stereocenters. The van der Waals surface area contributed by atoms with Crippen LogP contribution in [0.3, 0.4) is 0 Å². The number of pyridine rings is 1. The second kappa shape index (κ2) is 8.31. The predicted molar refractivity (Wildman–Crippen MR) is 105 cm³/mol. The van der Waals surface area contributed by atoms with Crippen LogP contribution in [0.1, 0.15) is 18.1 Å². The first-order valence-corrected chi connectivity index (χ1v) is 9.18. The first-order chi connectivity index (χ1) is 12.9. The van der Waals surface area contributed by atoms with Gasteiger partial charge in [-0.1, -0.05) is 17.7 Å². The number of likely N-dealkylation sites (N-methyl/N-ethyl adjacent to an activating group) is 1. The zero-order valence-corrected chi connectivity index (χ0v) is 16.1. The summed E-state index contributed by atoms with van der Waals surface area (Å²) in [4.78, 5) is 34.8. The molecule has 0 N–H and O–H groups in total. The minimum absolute atomic E-state index is 0.0176. The van der Waals surface area contributed by atoms with Gasteiger partial charge in [-0.15, -0.1) is 0 Å². The smallest absolute Gasteiger partial charge is 0.246 e. The van der Waals surface area contributed by atoms with Crippen LogP contribution in [-0.4, -0.2) is 59.3 Å².